The van der Waals surface area contributed by atoms with Crippen molar-refractivity contribution in [2.45, 2.75) is 70.1 Å². The summed E-state index contributed by atoms with van der Waals surface area (Å²) in [7, 11) is 0. The summed E-state index contributed by atoms with van der Waals surface area (Å²) in [6, 6.07) is 0. The number of hydrogen-bond acceptors (Lipinski definition) is 10. The molecule has 2 aliphatic heterocycles. The Hall–Kier alpha value is -0.850. The fourth-order valence-electron chi connectivity index (χ4n) is 2.50. The smallest absolute Gasteiger partial charge is 0.186 e. The second kappa shape index (κ2) is 11.9. The van der Waals surface area contributed by atoms with Gasteiger partial charge in [0.2, 0.25) is 0 Å². The summed E-state index contributed by atoms with van der Waals surface area (Å²) in [5.41, 5.74) is 0. The molecular formula is C17H33NO9. The zero-order valence-electron chi connectivity index (χ0n) is 16.0. The first-order valence-corrected chi connectivity index (χ1v) is 9.16. The zero-order valence-corrected chi connectivity index (χ0v) is 16.0. The quantitative estimate of drug-likeness (QED) is 0.286. The molecule has 0 spiro atoms. The van der Waals surface area contributed by atoms with E-state index in [9.17, 15) is 20.4 Å². The van der Waals surface area contributed by atoms with Gasteiger partial charge in [0.1, 0.15) is 30.5 Å². The van der Waals surface area contributed by atoms with Gasteiger partial charge in [-0.05, 0) is 13.8 Å². The van der Waals surface area contributed by atoms with Crippen LogP contribution in [0, 0.1) is 5.92 Å². The average molecular weight is 395 g/mol. The Balaban J connectivity index is 0.000000377. The number of aliphatic imine (C=N–C) groups is 1. The van der Waals surface area contributed by atoms with E-state index in [-0.39, 0.29) is 13.2 Å². The van der Waals surface area contributed by atoms with Crippen LogP contribution >= 0.6 is 0 Å². The van der Waals surface area contributed by atoms with E-state index in [4.69, 9.17) is 24.4 Å². The van der Waals surface area contributed by atoms with Crippen LogP contribution in [0.15, 0.2) is 4.99 Å². The first kappa shape index (κ1) is 24.2. The van der Waals surface area contributed by atoms with Crippen LogP contribution in [0.4, 0.5) is 0 Å². The molecular weight excluding hydrogens is 362 g/mol. The number of aliphatic hydroxyl groups is 6. The highest BCUT2D eigenvalue weighted by Gasteiger charge is 2.44. The minimum absolute atomic E-state index is 0.100. The van der Waals surface area contributed by atoms with Gasteiger partial charge in [0, 0.05) is 12.3 Å². The summed E-state index contributed by atoms with van der Waals surface area (Å²) >= 11 is 0. The molecule has 0 radical (unpaired) electrons. The van der Waals surface area contributed by atoms with E-state index in [1.807, 2.05) is 6.92 Å². The van der Waals surface area contributed by atoms with Crippen molar-refractivity contribution in [2.75, 3.05) is 26.4 Å². The highest BCUT2D eigenvalue weighted by Crippen LogP contribution is 2.22. The largest absolute Gasteiger partial charge is 0.476 e. The molecule has 0 bridgehead atoms. The van der Waals surface area contributed by atoms with Crippen molar-refractivity contribution in [1.29, 1.82) is 0 Å². The van der Waals surface area contributed by atoms with Crippen molar-refractivity contribution < 1.29 is 44.8 Å². The van der Waals surface area contributed by atoms with Crippen LogP contribution in [0.5, 0.6) is 0 Å². The van der Waals surface area contributed by atoms with Crippen molar-refractivity contribution in [3.05, 3.63) is 0 Å². The fraction of sp³-hybridized carbons (Fsp3) is 0.941. The van der Waals surface area contributed by atoms with Gasteiger partial charge in [0.25, 0.3) is 0 Å². The summed E-state index contributed by atoms with van der Waals surface area (Å²) in [6.07, 6.45) is -6.26. The van der Waals surface area contributed by atoms with Gasteiger partial charge < -0.3 is 44.8 Å². The highest BCUT2D eigenvalue weighted by molar-refractivity contribution is 5.77. The van der Waals surface area contributed by atoms with E-state index in [2.05, 4.69) is 11.9 Å². The maximum Gasteiger partial charge on any atom is 0.186 e. The molecule has 0 amide bonds. The lowest BCUT2D eigenvalue weighted by Crippen LogP contribution is -2.59. The molecule has 1 fully saturated rings. The molecule has 0 aliphatic carbocycles. The minimum Gasteiger partial charge on any atom is -0.476 e. The second-order valence-electron chi connectivity index (χ2n) is 6.73. The number of nitrogens with zero attached hydrogens (tertiary/aromatic N) is 1. The van der Waals surface area contributed by atoms with E-state index in [0.29, 0.717) is 6.10 Å². The predicted octanol–water partition coefficient (Wildman–Crippen LogP) is -1.99. The molecule has 160 valence electrons. The SMILES string of the molecule is CCC1=NCC(C)O1.C[C@H](O)C(CO)COC1OC(CO)C(O)C(O)C1O. The first-order valence-electron chi connectivity index (χ1n) is 9.16. The van der Waals surface area contributed by atoms with Crippen molar-refractivity contribution >= 4 is 5.90 Å². The number of ether oxygens (including phenoxy) is 3. The van der Waals surface area contributed by atoms with Crippen LogP contribution < -0.4 is 0 Å². The molecule has 0 aromatic heterocycles. The van der Waals surface area contributed by atoms with E-state index in [1.165, 1.54) is 6.92 Å². The number of aliphatic hydroxyl groups excluding tert-OH is 6. The van der Waals surface area contributed by atoms with Gasteiger partial charge >= 0.3 is 0 Å². The predicted molar refractivity (Wildman–Crippen MR) is 95.1 cm³/mol. The Morgan fingerprint density at radius 2 is 1.85 bits per heavy atom. The molecule has 0 aromatic rings. The third-order valence-corrected chi connectivity index (χ3v) is 4.40. The van der Waals surface area contributed by atoms with Gasteiger partial charge in [-0.1, -0.05) is 6.92 Å². The van der Waals surface area contributed by atoms with Crippen LogP contribution in [0.3, 0.4) is 0 Å². The second-order valence-corrected chi connectivity index (χ2v) is 6.73. The Morgan fingerprint density at radius 1 is 1.19 bits per heavy atom. The van der Waals surface area contributed by atoms with E-state index >= 15 is 0 Å². The van der Waals surface area contributed by atoms with Crippen LogP contribution in [-0.4, -0.2) is 106 Å². The van der Waals surface area contributed by atoms with Crippen molar-refractivity contribution in [1.82, 2.24) is 0 Å². The first-order chi connectivity index (χ1) is 12.7. The van der Waals surface area contributed by atoms with Gasteiger partial charge in [-0.25, -0.2) is 0 Å². The third kappa shape index (κ3) is 7.24. The lowest BCUT2D eigenvalue weighted by Gasteiger charge is -2.40. The zero-order chi connectivity index (χ0) is 20.6. The summed E-state index contributed by atoms with van der Waals surface area (Å²) < 4.78 is 15.6. The van der Waals surface area contributed by atoms with E-state index in [0.717, 1.165) is 18.9 Å². The van der Waals surface area contributed by atoms with Crippen LogP contribution in [-0.2, 0) is 14.2 Å². The molecule has 0 saturated carbocycles. The van der Waals surface area contributed by atoms with Crippen molar-refractivity contribution in [2.24, 2.45) is 10.9 Å². The maximum absolute atomic E-state index is 9.68. The summed E-state index contributed by atoms with van der Waals surface area (Å²) in [5.74, 6) is 0.352. The van der Waals surface area contributed by atoms with Gasteiger partial charge in [0.15, 0.2) is 12.2 Å². The third-order valence-electron chi connectivity index (χ3n) is 4.40. The van der Waals surface area contributed by atoms with Crippen molar-refractivity contribution in [3.63, 3.8) is 0 Å². The fourth-order valence-corrected chi connectivity index (χ4v) is 2.50. The maximum atomic E-state index is 9.68. The Labute approximate surface area is 159 Å². The molecule has 7 unspecified atom stereocenters. The Morgan fingerprint density at radius 3 is 2.26 bits per heavy atom. The lowest BCUT2D eigenvalue weighted by molar-refractivity contribution is -0.304. The van der Waals surface area contributed by atoms with E-state index in [1.54, 1.807) is 0 Å². The summed E-state index contributed by atoms with van der Waals surface area (Å²) in [6.45, 7) is 5.47. The lowest BCUT2D eigenvalue weighted by atomic mass is 9.99. The standard InChI is InChI=1S/C11H22O8.C6H11NO/c1-5(14)6(2-12)4-18-11-10(17)9(16)8(15)7(3-13)19-11;1-3-6-7-4-5(2)8-6/h5-17H,2-4H2,1H3;5H,3-4H2,1-2H3/t5-,6?,7?,8?,9?,10?,11?;/m0./s1. The van der Waals surface area contributed by atoms with Crippen molar-refractivity contribution in [3.8, 4) is 0 Å². The molecule has 2 heterocycles. The Kier molecular flexibility index (Phi) is 10.6. The molecule has 2 rings (SSSR count). The molecule has 6 N–H and O–H groups in total. The van der Waals surface area contributed by atoms with Gasteiger partial charge in [-0.15, -0.1) is 0 Å². The Bertz CT molecular complexity index is 446. The van der Waals surface area contributed by atoms with Crippen LogP contribution in [0.1, 0.15) is 27.2 Å². The molecule has 0 aromatic carbocycles. The topological polar surface area (TPSA) is 161 Å². The molecule has 10 heteroatoms. The monoisotopic (exact) mass is 395 g/mol. The average Bonchev–Trinajstić information content (AvgIpc) is 3.07. The highest BCUT2D eigenvalue weighted by atomic mass is 16.7. The molecule has 1 saturated heterocycles. The normalized spacial score (nSPS) is 35.5. The summed E-state index contributed by atoms with van der Waals surface area (Å²) in [4.78, 5) is 4.13. The molecule has 27 heavy (non-hydrogen) atoms. The molecule has 8 atom stereocenters. The van der Waals surface area contributed by atoms with Gasteiger partial charge in [0.05, 0.1) is 32.5 Å². The minimum atomic E-state index is -1.50. The molecule has 2 aliphatic rings. The number of hydrogen-bond donors (Lipinski definition) is 6. The van der Waals surface area contributed by atoms with Gasteiger partial charge in [-0.2, -0.15) is 0 Å². The molecule has 10 nitrogen and oxygen atoms in total. The summed E-state index contributed by atoms with van der Waals surface area (Å²) in [5, 5.41) is 56.1. The van der Waals surface area contributed by atoms with Crippen LogP contribution in [0.2, 0.25) is 0 Å². The van der Waals surface area contributed by atoms with E-state index < -0.39 is 49.3 Å². The number of rotatable bonds is 7. The van der Waals surface area contributed by atoms with Gasteiger partial charge in [-0.3, -0.25) is 4.99 Å². The van der Waals surface area contributed by atoms with Crippen LogP contribution in [0.25, 0.3) is 0 Å².